The standard InChI is InChI=1S/C18H16BrIO4/c1-2-23-16-10-13(5-8-17(21)22)9-15(20)18(16)24-11-12-3-6-14(19)7-4-12/h3-10H,2,11H2,1H3,(H,21,22). The number of carboxylic acids is 1. The Morgan fingerprint density at radius 3 is 2.58 bits per heavy atom. The van der Waals surface area contributed by atoms with Gasteiger partial charge in [-0.2, -0.15) is 0 Å². The number of carboxylic acid groups (broad SMARTS) is 1. The Morgan fingerprint density at radius 2 is 1.96 bits per heavy atom. The predicted molar refractivity (Wildman–Crippen MR) is 105 cm³/mol. The fourth-order valence-electron chi connectivity index (χ4n) is 1.99. The molecule has 0 fully saturated rings. The number of carbonyl (C=O) groups is 1. The van der Waals surface area contributed by atoms with Gasteiger partial charge in [-0.1, -0.05) is 28.1 Å². The highest BCUT2D eigenvalue weighted by Gasteiger charge is 2.12. The third kappa shape index (κ3) is 5.52. The van der Waals surface area contributed by atoms with Crippen molar-refractivity contribution in [3.63, 3.8) is 0 Å². The lowest BCUT2D eigenvalue weighted by atomic mass is 10.2. The van der Waals surface area contributed by atoms with E-state index in [1.165, 1.54) is 6.08 Å². The first-order chi connectivity index (χ1) is 11.5. The second-order valence-electron chi connectivity index (χ2n) is 4.85. The van der Waals surface area contributed by atoms with Gasteiger partial charge in [0.25, 0.3) is 0 Å². The van der Waals surface area contributed by atoms with E-state index in [2.05, 4.69) is 38.5 Å². The third-order valence-electron chi connectivity index (χ3n) is 3.05. The summed E-state index contributed by atoms with van der Waals surface area (Å²) in [6.07, 6.45) is 2.63. The fourth-order valence-corrected chi connectivity index (χ4v) is 3.04. The Hall–Kier alpha value is -1.54. The van der Waals surface area contributed by atoms with E-state index >= 15 is 0 Å². The van der Waals surface area contributed by atoms with E-state index in [4.69, 9.17) is 14.6 Å². The van der Waals surface area contributed by atoms with Gasteiger partial charge < -0.3 is 14.6 Å². The van der Waals surface area contributed by atoms with E-state index in [0.717, 1.165) is 25.2 Å². The smallest absolute Gasteiger partial charge is 0.328 e. The van der Waals surface area contributed by atoms with Crippen LogP contribution < -0.4 is 9.47 Å². The molecule has 4 nitrogen and oxygen atoms in total. The molecule has 126 valence electrons. The van der Waals surface area contributed by atoms with Gasteiger partial charge in [-0.3, -0.25) is 0 Å². The summed E-state index contributed by atoms with van der Waals surface area (Å²) < 4.78 is 13.5. The summed E-state index contributed by atoms with van der Waals surface area (Å²) in [4.78, 5) is 10.7. The van der Waals surface area contributed by atoms with Crippen LogP contribution in [-0.4, -0.2) is 17.7 Å². The molecule has 0 bridgehead atoms. The van der Waals surface area contributed by atoms with Gasteiger partial charge in [-0.15, -0.1) is 0 Å². The average Bonchev–Trinajstić information content (AvgIpc) is 2.54. The summed E-state index contributed by atoms with van der Waals surface area (Å²) in [6.45, 7) is 2.82. The first kappa shape index (κ1) is 18.8. The molecule has 24 heavy (non-hydrogen) atoms. The summed E-state index contributed by atoms with van der Waals surface area (Å²) in [5.74, 6) is 0.276. The van der Waals surface area contributed by atoms with Gasteiger partial charge in [0, 0.05) is 10.5 Å². The van der Waals surface area contributed by atoms with Gasteiger partial charge in [-0.05, 0) is 71.0 Å². The Labute approximate surface area is 162 Å². The van der Waals surface area contributed by atoms with Gasteiger partial charge >= 0.3 is 5.97 Å². The topological polar surface area (TPSA) is 55.8 Å². The van der Waals surface area contributed by atoms with E-state index in [0.29, 0.717) is 24.7 Å². The molecule has 0 aliphatic rings. The molecule has 0 spiro atoms. The van der Waals surface area contributed by atoms with Gasteiger partial charge in [0.1, 0.15) is 6.61 Å². The van der Waals surface area contributed by atoms with Crippen molar-refractivity contribution in [3.05, 3.63) is 61.6 Å². The van der Waals surface area contributed by atoms with Crippen molar-refractivity contribution in [3.8, 4) is 11.5 Å². The number of ether oxygens (including phenoxy) is 2. The molecule has 0 aromatic heterocycles. The number of halogens is 2. The molecule has 1 N–H and O–H groups in total. The molecule has 0 saturated heterocycles. The van der Waals surface area contributed by atoms with E-state index in [9.17, 15) is 4.79 Å². The second-order valence-corrected chi connectivity index (χ2v) is 6.93. The van der Waals surface area contributed by atoms with Gasteiger partial charge in [-0.25, -0.2) is 4.79 Å². The van der Waals surface area contributed by atoms with Gasteiger partial charge in [0.05, 0.1) is 10.2 Å². The Balaban J connectivity index is 2.23. The highest BCUT2D eigenvalue weighted by molar-refractivity contribution is 14.1. The van der Waals surface area contributed by atoms with Crippen molar-refractivity contribution in [1.29, 1.82) is 0 Å². The lowest BCUT2D eigenvalue weighted by molar-refractivity contribution is -0.131. The Kier molecular flexibility index (Phi) is 7.11. The minimum absolute atomic E-state index is 0.424. The molecule has 0 radical (unpaired) electrons. The molecule has 0 aliphatic heterocycles. The summed E-state index contributed by atoms with van der Waals surface area (Å²) in [7, 11) is 0. The summed E-state index contributed by atoms with van der Waals surface area (Å²) in [5.41, 5.74) is 1.80. The van der Waals surface area contributed by atoms with Crippen molar-refractivity contribution >= 4 is 50.6 Å². The van der Waals surface area contributed by atoms with E-state index < -0.39 is 5.97 Å². The number of hydrogen-bond acceptors (Lipinski definition) is 3. The Bertz CT molecular complexity index is 741. The van der Waals surface area contributed by atoms with Crippen molar-refractivity contribution in [2.75, 3.05) is 6.61 Å². The van der Waals surface area contributed by atoms with Crippen LogP contribution in [0.4, 0.5) is 0 Å². The summed E-state index contributed by atoms with van der Waals surface area (Å²) in [6, 6.07) is 11.5. The number of hydrogen-bond donors (Lipinski definition) is 1. The van der Waals surface area contributed by atoms with Gasteiger partial charge in [0.2, 0.25) is 0 Å². The van der Waals surface area contributed by atoms with Crippen LogP contribution in [0.5, 0.6) is 11.5 Å². The zero-order chi connectivity index (χ0) is 17.5. The van der Waals surface area contributed by atoms with Crippen LogP contribution in [0.15, 0.2) is 46.9 Å². The molecule has 2 aromatic rings. The molecule has 0 saturated carbocycles. The first-order valence-corrected chi connectivity index (χ1v) is 9.11. The molecule has 0 aliphatic carbocycles. The maximum absolute atomic E-state index is 10.7. The summed E-state index contributed by atoms with van der Waals surface area (Å²) in [5, 5.41) is 8.75. The van der Waals surface area contributed by atoms with E-state index in [1.807, 2.05) is 37.3 Å². The molecule has 0 unspecified atom stereocenters. The highest BCUT2D eigenvalue weighted by atomic mass is 127. The predicted octanol–water partition coefficient (Wildman–Crippen LogP) is 5.13. The van der Waals surface area contributed by atoms with Crippen molar-refractivity contribution in [2.45, 2.75) is 13.5 Å². The molecule has 2 rings (SSSR count). The van der Waals surface area contributed by atoms with E-state index in [-0.39, 0.29) is 0 Å². The van der Waals surface area contributed by atoms with Crippen LogP contribution >= 0.6 is 38.5 Å². The van der Waals surface area contributed by atoms with Crippen LogP contribution in [0.1, 0.15) is 18.1 Å². The normalized spacial score (nSPS) is 10.8. The van der Waals surface area contributed by atoms with Crippen LogP contribution in [0.2, 0.25) is 0 Å². The largest absolute Gasteiger partial charge is 0.490 e. The number of benzene rings is 2. The third-order valence-corrected chi connectivity index (χ3v) is 4.38. The lowest BCUT2D eigenvalue weighted by Crippen LogP contribution is -2.02. The Morgan fingerprint density at radius 1 is 1.25 bits per heavy atom. The zero-order valence-corrected chi connectivity index (χ0v) is 16.7. The maximum Gasteiger partial charge on any atom is 0.328 e. The molecular weight excluding hydrogens is 487 g/mol. The fraction of sp³-hybridized carbons (Fsp3) is 0.167. The second kappa shape index (κ2) is 9.08. The van der Waals surface area contributed by atoms with Crippen LogP contribution in [0.3, 0.4) is 0 Å². The molecule has 0 atom stereocenters. The van der Waals surface area contributed by atoms with Crippen LogP contribution in [-0.2, 0) is 11.4 Å². The highest BCUT2D eigenvalue weighted by Crippen LogP contribution is 2.35. The van der Waals surface area contributed by atoms with Crippen molar-refractivity contribution < 1.29 is 19.4 Å². The van der Waals surface area contributed by atoms with Crippen LogP contribution in [0.25, 0.3) is 6.08 Å². The zero-order valence-electron chi connectivity index (χ0n) is 13.0. The summed E-state index contributed by atoms with van der Waals surface area (Å²) >= 11 is 5.57. The molecule has 2 aromatic carbocycles. The van der Waals surface area contributed by atoms with E-state index in [1.54, 1.807) is 6.07 Å². The SMILES string of the molecule is CCOc1cc(C=CC(=O)O)cc(I)c1OCc1ccc(Br)cc1. The molecular formula is C18H16BrIO4. The monoisotopic (exact) mass is 502 g/mol. The lowest BCUT2D eigenvalue weighted by Gasteiger charge is -2.15. The number of rotatable bonds is 7. The molecule has 0 amide bonds. The minimum atomic E-state index is -0.987. The quantitative estimate of drug-likeness (QED) is 0.421. The van der Waals surface area contributed by atoms with Crippen molar-refractivity contribution in [1.82, 2.24) is 0 Å². The first-order valence-electron chi connectivity index (χ1n) is 7.24. The average molecular weight is 503 g/mol. The van der Waals surface area contributed by atoms with Crippen LogP contribution in [0, 0.1) is 3.57 Å². The van der Waals surface area contributed by atoms with Crippen molar-refractivity contribution in [2.24, 2.45) is 0 Å². The van der Waals surface area contributed by atoms with Gasteiger partial charge in [0.15, 0.2) is 11.5 Å². The minimum Gasteiger partial charge on any atom is -0.490 e. The molecule has 0 heterocycles. The number of aliphatic carboxylic acids is 1. The molecule has 6 heteroatoms. The maximum atomic E-state index is 10.7.